The molecule has 2 heterocycles. The molecule has 0 aliphatic carbocycles. The molecule has 1 atom stereocenters. The first kappa shape index (κ1) is 15.0. The molecule has 112 valence electrons. The second-order valence-corrected chi connectivity index (χ2v) is 4.97. The van der Waals surface area contributed by atoms with Crippen molar-refractivity contribution in [2.45, 2.75) is 33.2 Å². The van der Waals surface area contributed by atoms with Gasteiger partial charge in [-0.2, -0.15) is 5.10 Å². The van der Waals surface area contributed by atoms with Gasteiger partial charge in [-0.3, -0.25) is 9.59 Å². The fourth-order valence-corrected chi connectivity index (χ4v) is 2.08. The van der Waals surface area contributed by atoms with E-state index in [1.54, 1.807) is 23.9 Å². The third-order valence-corrected chi connectivity index (χ3v) is 3.35. The molecule has 0 aliphatic heterocycles. The smallest absolute Gasteiger partial charge is 0.322 e. The molecule has 2 aromatic heterocycles. The van der Waals surface area contributed by atoms with Gasteiger partial charge in [0.05, 0.1) is 23.2 Å². The number of pyridine rings is 1. The maximum atomic E-state index is 12.1. The van der Waals surface area contributed by atoms with Gasteiger partial charge in [0.15, 0.2) is 5.65 Å². The number of nitrogens with zero attached hydrogens (tertiary/aromatic N) is 3. The second kappa shape index (κ2) is 5.90. The summed E-state index contributed by atoms with van der Waals surface area (Å²) >= 11 is 0. The largest absolute Gasteiger partial charge is 0.480 e. The van der Waals surface area contributed by atoms with Crippen LogP contribution in [0.2, 0.25) is 0 Å². The third kappa shape index (κ3) is 3.01. The van der Waals surface area contributed by atoms with Crippen LogP contribution in [0.4, 0.5) is 0 Å². The molecule has 21 heavy (non-hydrogen) atoms. The molecule has 0 aromatic carbocycles. The molecule has 0 aliphatic rings. The molecule has 2 rings (SSSR count). The average molecular weight is 290 g/mol. The molecule has 0 saturated heterocycles. The summed E-state index contributed by atoms with van der Waals surface area (Å²) in [5, 5.41) is 15.9. The topological polar surface area (TPSA) is 97.1 Å². The van der Waals surface area contributed by atoms with Crippen molar-refractivity contribution in [3.63, 3.8) is 0 Å². The number of nitrogens with one attached hydrogen (secondary N) is 1. The van der Waals surface area contributed by atoms with Crippen LogP contribution in [-0.2, 0) is 4.79 Å². The van der Waals surface area contributed by atoms with Gasteiger partial charge in [0.2, 0.25) is 0 Å². The van der Waals surface area contributed by atoms with Crippen LogP contribution in [0.1, 0.15) is 42.4 Å². The fourth-order valence-electron chi connectivity index (χ4n) is 2.08. The predicted molar refractivity (Wildman–Crippen MR) is 77.2 cm³/mol. The highest BCUT2D eigenvalue weighted by molar-refractivity contribution is 6.06. The van der Waals surface area contributed by atoms with E-state index in [9.17, 15) is 9.59 Å². The van der Waals surface area contributed by atoms with Crippen molar-refractivity contribution in [1.82, 2.24) is 20.1 Å². The predicted octanol–water partition coefficient (Wildman–Crippen LogP) is 1.53. The Morgan fingerprint density at radius 2 is 2.19 bits per heavy atom. The van der Waals surface area contributed by atoms with Crippen molar-refractivity contribution < 1.29 is 14.7 Å². The summed E-state index contributed by atoms with van der Waals surface area (Å²) < 4.78 is 1.79. The monoisotopic (exact) mass is 290 g/mol. The van der Waals surface area contributed by atoms with Gasteiger partial charge >= 0.3 is 5.97 Å². The Morgan fingerprint density at radius 1 is 1.48 bits per heavy atom. The van der Waals surface area contributed by atoms with Crippen molar-refractivity contribution in [1.29, 1.82) is 0 Å². The summed E-state index contributed by atoms with van der Waals surface area (Å²) in [5.41, 5.74) is 1.73. The number of rotatable bonds is 5. The van der Waals surface area contributed by atoms with Crippen LogP contribution in [0.5, 0.6) is 0 Å². The Balaban J connectivity index is 2.47. The Hall–Kier alpha value is -2.44. The van der Waals surface area contributed by atoms with Crippen molar-refractivity contribution in [2.24, 2.45) is 0 Å². The maximum Gasteiger partial charge on any atom is 0.322 e. The molecule has 7 nitrogen and oxygen atoms in total. The molecule has 0 radical (unpaired) electrons. The van der Waals surface area contributed by atoms with Crippen molar-refractivity contribution in [2.75, 3.05) is 6.54 Å². The van der Waals surface area contributed by atoms with Gasteiger partial charge in [-0.25, -0.2) is 9.67 Å². The van der Waals surface area contributed by atoms with E-state index in [4.69, 9.17) is 5.11 Å². The van der Waals surface area contributed by atoms with Crippen LogP contribution in [0.15, 0.2) is 12.3 Å². The highest BCUT2D eigenvalue weighted by Crippen LogP contribution is 2.22. The SMILES string of the molecule is CCC(C)n1ncc2c(C(=O)NCC(=O)O)cc(C)nc21. The van der Waals surface area contributed by atoms with E-state index >= 15 is 0 Å². The van der Waals surface area contributed by atoms with Crippen LogP contribution >= 0.6 is 0 Å². The minimum atomic E-state index is -1.08. The number of aryl methyl sites for hydroxylation is 1. The number of amides is 1. The standard InChI is InChI=1S/C14H18N4O3/c1-4-9(3)18-13-11(6-16-18)10(5-8(2)17-13)14(21)15-7-12(19)20/h5-6,9H,4,7H2,1-3H3,(H,15,21)(H,19,20). The zero-order chi connectivity index (χ0) is 15.6. The molecule has 0 bridgehead atoms. The first-order valence-electron chi connectivity index (χ1n) is 6.78. The molecule has 2 N–H and O–H groups in total. The van der Waals surface area contributed by atoms with Gasteiger partial charge in [0.25, 0.3) is 5.91 Å². The van der Waals surface area contributed by atoms with Gasteiger partial charge in [0, 0.05) is 5.69 Å². The van der Waals surface area contributed by atoms with Crippen molar-refractivity contribution in [3.05, 3.63) is 23.5 Å². The molecular weight excluding hydrogens is 272 g/mol. The lowest BCUT2D eigenvalue weighted by molar-refractivity contribution is -0.135. The number of fused-ring (bicyclic) bond motifs is 1. The maximum absolute atomic E-state index is 12.1. The van der Waals surface area contributed by atoms with Crippen molar-refractivity contribution >= 4 is 22.9 Å². The molecule has 7 heteroatoms. The first-order valence-corrected chi connectivity index (χ1v) is 6.78. The normalized spacial score (nSPS) is 12.3. The van der Waals surface area contributed by atoms with Gasteiger partial charge in [0.1, 0.15) is 6.54 Å². The molecule has 0 spiro atoms. The van der Waals surface area contributed by atoms with Gasteiger partial charge in [-0.05, 0) is 26.3 Å². The molecule has 1 unspecified atom stereocenters. The number of hydrogen-bond donors (Lipinski definition) is 2. The van der Waals surface area contributed by atoms with E-state index in [-0.39, 0.29) is 6.04 Å². The summed E-state index contributed by atoms with van der Waals surface area (Å²) in [6.45, 7) is 5.46. The second-order valence-electron chi connectivity index (χ2n) is 4.97. The van der Waals surface area contributed by atoms with Gasteiger partial charge in [-0.1, -0.05) is 6.92 Å². The quantitative estimate of drug-likeness (QED) is 0.870. The fraction of sp³-hybridized carbons (Fsp3) is 0.429. The Bertz CT molecular complexity index is 693. The summed E-state index contributed by atoms with van der Waals surface area (Å²) in [7, 11) is 0. The van der Waals surface area contributed by atoms with Gasteiger partial charge < -0.3 is 10.4 Å². The summed E-state index contributed by atoms with van der Waals surface area (Å²) in [5.74, 6) is -1.52. The zero-order valence-electron chi connectivity index (χ0n) is 12.3. The molecule has 1 amide bonds. The zero-order valence-corrected chi connectivity index (χ0v) is 12.3. The number of carboxylic acids is 1. The Kier molecular flexibility index (Phi) is 4.21. The minimum Gasteiger partial charge on any atom is -0.480 e. The van der Waals surface area contributed by atoms with E-state index in [1.165, 1.54) is 0 Å². The molecular formula is C14H18N4O3. The van der Waals surface area contributed by atoms with Crippen LogP contribution in [0.25, 0.3) is 11.0 Å². The van der Waals surface area contributed by atoms with Crippen LogP contribution in [-0.4, -0.2) is 38.3 Å². The lowest BCUT2D eigenvalue weighted by atomic mass is 10.1. The minimum absolute atomic E-state index is 0.173. The van der Waals surface area contributed by atoms with E-state index in [0.717, 1.165) is 6.42 Å². The van der Waals surface area contributed by atoms with Gasteiger partial charge in [-0.15, -0.1) is 0 Å². The first-order chi connectivity index (χ1) is 9.93. The lowest BCUT2D eigenvalue weighted by Crippen LogP contribution is -2.29. The molecule has 2 aromatic rings. The van der Waals surface area contributed by atoms with Crippen LogP contribution < -0.4 is 5.32 Å². The molecule has 0 saturated carbocycles. The van der Waals surface area contributed by atoms with Crippen LogP contribution in [0, 0.1) is 6.92 Å². The van der Waals surface area contributed by atoms with E-state index in [2.05, 4.69) is 22.3 Å². The number of hydrogen-bond acceptors (Lipinski definition) is 4. The summed E-state index contributed by atoms with van der Waals surface area (Å²) in [6, 6.07) is 1.81. The summed E-state index contributed by atoms with van der Waals surface area (Å²) in [6.07, 6.45) is 2.50. The average Bonchev–Trinajstić information content (AvgIpc) is 2.86. The van der Waals surface area contributed by atoms with E-state index in [0.29, 0.717) is 22.3 Å². The van der Waals surface area contributed by atoms with E-state index in [1.807, 2.05) is 6.92 Å². The lowest BCUT2D eigenvalue weighted by Gasteiger charge is -2.11. The third-order valence-electron chi connectivity index (χ3n) is 3.35. The van der Waals surface area contributed by atoms with E-state index < -0.39 is 18.4 Å². The Morgan fingerprint density at radius 3 is 2.81 bits per heavy atom. The number of carboxylic acid groups (broad SMARTS) is 1. The van der Waals surface area contributed by atoms with Crippen LogP contribution in [0.3, 0.4) is 0 Å². The Labute approximate surface area is 122 Å². The van der Waals surface area contributed by atoms with Crippen molar-refractivity contribution in [3.8, 4) is 0 Å². The number of carbonyl (C=O) groups excluding carboxylic acids is 1. The summed E-state index contributed by atoms with van der Waals surface area (Å²) in [4.78, 5) is 27.1. The number of carbonyl (C=O) groups is 2. The highest BCUT2D eigenvalue weighted by atomic mass is 16.4. The molecule has 0 fully saturated rings. The number of aliphatic carboxylic acids is 1. The number of aromatic nitrogens is 3. The highest BCUT2D eigenvalue weighted by Gasteiger charge is 2.17.